The van der Waals surface area contributed by atoms with Crippen molar-refractivity contribution in [1.29, 1.82) is 0 Å². The van der Waals surface area contributed by atoms with Crippen LogP contribution in [-0.2, 0) is 6.61 Å². The molecule has 0 unspecified atom stereocenters. The van der Waals surface area contributed by atoms with Crippen LogP contribution in [0.5, 0.6) is 5.88 Å². The molecule has 0 fully saturated rings. The van der Waals surface area contributed by atoms with Crippen molar-refractivity contribution in [2.45, 2.75) is 33.0 Å². The van der Waals surface area contributed by atoms with Gasteiger partial charge in [-0.1, -0.05) is 0 Å². The molecule has 0 radical (unpaired) electrons. The number of hydrogen-bond donors (Lipinski definition) is 1. The zero-order valence-corrected chi connectivity index (χ0v) is 8.54. The maximum atomic E-state index is 12.7. The molecule has 0 bridgehead atoms. The lowest BCUT2D eigenvalue weighted by Gasteiger charge is -2.21. The van der Waals surface area contributed by atoms with Gasteiger partial charge in [-0.25, -0.2) is 9.37 Å². The highest BCUT2D eigenvalue weighted by molar-refractivity contribution is 5.25. The van der Waals surface area contributed by atoms with E-state index in [1.54, 1.807) is 0 Å². The van der Waals surface area contributed by atoms with E-state index in [2.05, 4.69) is 4.98 Å². The summed E-state index contributed by atoms with van der Waals surface area (Å²) in [7, 11) is 0. The van der Waals surface area contributed by atoms with Gasteiger partial charge >= 0.3 is 0 Å². The number of rotatable bonds is 2. The number of hydrogen-bond acceptors (Lipinski definition) is 3. The fourth-order valence-electron chi connectivity index (χ4n) is 0.964. The first-order chi connectivity index (χ1) is 6.42. The van der Waals surface area contributed by atoms with E-state index in [1.165, 1.54) is 6.07 Å². The quantitative estimate of drug-likeness (QED) is 0.790. The van der Waals surface area contributed by atoms with Gasteiger partial charge in [-0.2, -0.15) is 0 Å². The minimum atomic E-state index is -0.477. The van der Waals surface area contributed by atoms with Crippen LogP contribution in [0.1, 0.15) is 26.3 Å². The third-order valence-corrected chi connectivity index (χ3v) is 1.47. The first-order valence-corrected chi connectivity index (χ1v) is 4.36. The fourth-order valence-corrected chi connectivity index (χ4v) is 0.964. The van der Waals surface area contributed by atoms with Crippen LogP contribution in [0.15, 0.2) is 12.3 Å². The van der Waals surface area contributed by atoms with Crippen molar-refractivity contribution in [3.63, 3.8) is 0 Å². The summed E-state index contributed by atoms with van der Waals surface area (Å²) in [6.45, 7) is 5.30. The Labute approximate surface area is 82.5 Å². The molecule has 0 saturated heterocycles. The molecule has 1 heterocycles. The van der Waals surface area contributed by atoms with Crippen LogP contribution in [0, 0.1) is 5.82 Å². The average molecular weight is 199 g/mol. The summed E-state index contributed by atoms with van der Waals surface area (Å²) in [5.74, 6) is -0.197. The van der Waals surface area contributed by atoms with Gasteiger partial charge in [0.2, 0.25) is 5.88 Å². The molecule has 78 valence electrons. The normalized spacial score (nSPS) is 11.5. The van der Waals surface area contributed by atoms with Crippen molar-refractivity contribution in [3.8, 4) is 5.88 Å². The van der Waals surface area contributed by atoms with Crippen LogP contribution < -0.4 is 4.74 Å². The molecule has 0 saturated carbocycles. The van der Waals surface area contributed by atoms with Crippen LogP contribution in [0.25, 0.3) is 0 Å². The van der Waals surface area contributed by atoms with Crippen LogP contribution >= 0.6 is 0 Å². The van der Waals surface area contributed by atoms with Crippen LogP contribution in [0.4, 0.5) is 4.39 Å². The minimum absolute atomic E-state index is 0.279. The molecule has 0 atom stereocenters. The number of aromatic nitrogens is 1. The zero-order chi connectivity index (χ0) is 10.8. The lowest BCUT2D eigenvalue weighted by Crippen LogP contribution is -2.24. The number of aliphatic hydroxyl groups excluding tert-OH is 1. The van der Waals surface area contributed by atoms with Crippen molar-refractivity contribution in [2.24, 2.45) is 0 Å². The Morgan fingerprint density at radius 1 is 1.50 bits per heavy atom. The number of aliphatic hydroxyl groups is 1. The molecule has 0 aliphatic carbocycles. The molecule has 14 heavy (non-hydrogen) atoms. The fraction of sp³-hybridized carbons (Fsp3) is 0.500. The summed E-state index contributed by atoms with van der Waals surface area (Å²) in [5, 5.41) is 8.95. The van der Waals surface area contributed by atoms with Gasteiger partial charge in [-0.05, 0) is 26.8 Å². The van der Waals surface area contributed by atoms with Gasteiger partial charge in [0.05, 0.1) is 12.8 Å². The molecule has 4 heteroatoms. The van der Waals surface area contributed by atoms with Gasteiger partial charge in [0.15, 0.2) is 0 Å². The second-order valence-electron chi connectivity index (χ2n) is 3.99. The Morgan fingerprint density at radius 2 is 2.14 bits per heavy atom. The maximum absolute atomic E-state index is 12.7. The molecule has 0 amide bonds. The Morgan fingerprint density at radius 3 is 2.64 bits per heavy atom. The molecule has 0 aromatic carbocycles. The zero-order valence-electron chi connectivity index (χ0n) is 8.54. The molecular formula is C10H14FNO2. The van der Waals surface area contributed by atoms with Crippen LogP contribution in [-0.4, -0.2) is 15.7 Å². The number of halogens is 1. The van der Waals surface area contributed by atoms with E-state index in [1.807, 2.05) is 20.8 Å². The molecule has 0 aliphatic rings. The standard InChI is InChI=1S/C10H14FNO2/c1-10(2,3)14-9-7(6-13)4-8(11)5-12-9/h4-5,13H,6H2,1-3H3. The highest BCUT2D eigenvalue weighted by Gasteiger charge is 2.15. The Balaban J connectivity index is 2.97. The Hall–Kier alpha value is -1.16. The predicted octanol–water partition coefficient (Wildman–Crippen LogP) is 1.89. The molecule has 0 spiro atoms. The maximum Gasteiger partial charge on any atom is 0.219 e. The summed E-state index contributed by atoms with van der Waals surface area (Å²) in [4.78, 5) is 3.78. The smallest absolute Gasteiger partial charge is 0.219 e. The first kappa shape index (κ1) is 10.9. The highest BCUT2D eigenvalue weighted by Crippen LogP contribution is 2.20. The molecule has 1 rings (SSSR count). The SMILES string of the molecule is CC(C)(C)Oc1ncc(F)cc1CO. The van der Waals surface area contributed by atoms with Gasteiger partial charge in [-0.3, -0.25) is 0 Å². The lowest BCUT2D eigenvalue weighted by atomic mass is 10.2. The molecule has 1 aromatic heterocycles. The van der Waals surface area contributed by atoms with Gasteiger partial charge < -0.3 is 9.84 Å². The van der Waals surface area contributed by atoms with E-state index in [-0.39, 0.29) is 12.5 Å². The van der Waals surface area contributed by atoms with Gasteiger partial charge in [0.25, 0.3) is 0 Å². The largest absolute Gasteiger partial charge is 0.472 e. The third-order valence-electron chi connectivity index (χ3n) is 1.47. The lowest BCUT2D eigenvalue weighted by molar-refractivity contribution is 0.119. The Kier molecular flexibility index (Phi) is 3.06. The predicted molar refractivity (Wildman–Crippen MR) is 50.5 cm³/mol. The van der Waals surface area contributed by atoms with E-state index in [4.69, 9.17) is 9.84 Å². The number of pyridine rings is 1. The first-order valence-electron chi connectivity index (χ1n) is 4.36. The molecule has 3 nitrogen and oxygen atoms in total. The Bertz CT molecular complexity index is 320. The van der Waals surface area contributed by atoms with Crippen LogP contribution in [0.2, 0.25) is 0 Å². The summed E-state index contributed by atoms with van der Waals surface area (Å²) in [5.41, 5.74) is -0.0469. The van der Waals surface area contributed by atoms with Crippen molar-refractivity contribution in [1.82, 2.24) is 4.98 Å². The van der Waals surface area contributed by atoms with Crippen LogP contribution in [0.3, 0.4) is 0 Å². The van der Waals surface area contributed by atoms with Gasteiger partial charge in [-0.15, -0.1) is 0 Å². The van der Waals surface area contributed by atoms with Crippen molar-refractivity contribution in [2.75, 3.05) is 0 Å². The second-order valence-corrected chi connectivity index (χ2v) is 3.99. The minimum Gasteiger partial charge on any atom is -0.472 e. The average Bonchev–Trinajstić information content (AvgIpc) is 2.06. The summed E-state index contributed by atoms with van der Waals surface area (Å²) >= 11 is 0. The molecule has 0 aliphatic heterocycles. The van der Waals surface area contributed by atoms with Gasteiger partial charge in [0, 0.05) is 5.56 Å². The topological polar surface area (TPSA) is 42.4 Å². The van der Waals surface area contributed by atoms with E-state index in [9.17, 15) is 4.39 Å². The highest BCUT2D eigenvalue weighted by atomic mass is 19.1. The van der Waals surface area contributed by atoms with Crippen molar-refractivity contribution in [3.05, 3.63) is 23.6 Å². The summed E-state index contributed by atoms with van der Waals surface area (Å²) < 4.78 is 18.2. The van der Waals surface area contributed by atoms with Crippen molar-refractivity contribution < 1.29 is 14.2 Å². The number of nitrogens with zero attached hydrogens (tertiary/aromatic N) is 1. The monoisotopic (exact) mass is 199 g/mol. The van der Waals surface area contributed by atoms with Crippen molar-refractivity contribution >= 4 is 0 Å². The second kappa shape index (κ2) is 3.92. The van der Waals surface area contributed by atoms with E-state index in [0.29, 0.717) is 5.56 Å². The molecular weight excluding hydrogens is 185 g/mol. The van der Waals surface area contributed by atoms with Gasteiger partial charge in [0.1, 0.15) is 11.4 Å². The summed E-state index contributed by atoms with van der Waals surface area (Å²) in [6, 6.07) is 1.22. The third kappa shape index (κ3) is 2.96. The number of ether oxygens (including phenoxy) is 1. The molecule has 1 aromatic rings. The van der Waals surface area contributed by atoms with E-state index < -0.39 is 11.4 Å². The van der Waals surface area contributed by atoms with E-state index >= 15 is 0 Å². The summed E-state index contributed by atoms with van der Waals surface area (Å²) in [6.07, 6.45) is 1.07. The molecule has 1 N–H and O–H groups in total. The van der Waals surface area contributed by atoms with E-state index in [0.717, 1.165) is 6.20 Å².